The number of hydrogen-bond donors (Lipinski definition) is 2. The fourth-order valence-corrected chi connectivity index (χ4v) is 2.11. The summed E-state index contributed by atoms with van der Waals surface area (Å²) < 4.78 is 5.81. The van der Waals surface area contributed by atoms with E-state index in [1.54, 1.807) is 24.3 Å². The van der Waals surface area contributed by atoms with Crippen LogP contribution in [0.15, 0.2) is 48.5 Å². The van der Waals surface area contributed by atoms with E-state index >= 15 is 0 Å². The molecule has 3 N–H and O–H groups in total. The van der Waals surface area contributed by atoms with Gasteiger partial charge in [-0.05, 0) is 43.3 Å². The molecule has 0 fully saturated rings. The number of ether oxygens (including phenoxy) is 1. The second-order valence-corrected chi connectivity index (χ2v) is 5.25. The lowest BCUT2D eigenvalue weighted by atomic mass is 10.2. The zero-order chi connectivity index (χ0) is 17.0. The highest BCUT2D eigenvalue weighted by Crippen LogP contribution is 2.27. The Morgan fingerprint density at radius 1 is 1.04 bits per heavy atom. The quantitative estimate of drug-likeness (QED) is 0.670. The summed E-state index contributed by atoms with van der Waals surface area (Å²) in [6.07, 6.45) is 0. The summed E-state index contributed by atoms with van der Waals surface area (Å²) in [7, 11) is 3.93. The van der Waals surface area contributed by atoms with Gasteiger partial charge < -0.3 is 15.4 Å². The van der Waals surface area contributed by atoms with Gasteiger partial charge in [0.15, 0.2) is 0 Å². The molecule has 120 valence electrons. The Morgan fingerprint density at radius 3 is 2.22 bits per heavy atom. The molecule has 23 heavy (non-hydrogen) atoms. The molecule has 0 saturated carbocycles. The normalized spacial score (nSPS) is 10.0. The Kier molecular flexibility index (Phi) is 4.85. The van der Waals surface area contributed by atoms with Crippen molar-refractivity contribution in [3.05, 3.63) is 48.5 Å². The van der Waals surface area contributed by atoms with Crippen LogP contribution in [0.1, 0.15) is 6.92 Å². The number of amidine groups is 1. The van der Waals surface area contributed by atoms with Crippen LogP contribution in [0.4, 0.5) is 16.2 Å². The van der Waals surface area contributed by atoms with Crippen LogP contribution in [0.5, 0.6) is 11.5 Å². The van der Waals surface area contributed by atoms with Crippen LogP contribution in [0.3, 0.4) is 0 Å². The van der Waals surface area contributed by atoms with Crippen molar-refractivity contribution >= 4 is 23.2 Å². The Morgan fingerprint density at radius 2 is 1.70 bits per heavy atom. The minimum Gasteiger partial charge on any atom is -0.457 e. The molecule has 0 radical (unpaired) electrons. The third kappa shape index (κ3) is 4.00. The van der Waals surface area contributed by atoms with Gasteiger partial charge in [0.2, 0.25) is 0 Å². The highest BCUT2D eigenvalue weighted by Gasteiger charge is 2.14. The number of primary amides is 1. The Bertz CT molecular complexity index is 697. The first-order valence-electron chi connectivity index (χ1n) is 7.08. The van der Waals surface area contributed by atoms with Gasteiger partial charge >= 0.3 is 6.03 Å². The molecule has 6 nitrogen and oxygen atoms in total. The molecule has 0 unspecified atom stereocenters. The predicted octanol–water partition coefficient (Wildman–Crippen LogP) is 3.43. The number of nitrogens with zero attached hydrogens (tertiary/aromatic N) is 2. The molecule has 0 aliphatic rings. The second-order valence-electron chi connectivity index (χ2n) is 5.25. The monoisotopic (exact) mass is 312 g/mol. The minimum absolute atomic E-state index is 0.0600. The van der Waals surface area contributed by atoms with Crippen molar-refractivity contribution in [2.75, 3.05) is 23.9 Å². The fraction of sp³-hybridized carbons (Fsp3) is 0.176. The lowest BCUT2D eigenvalue weighted by Crippen LogP contribution is -2.38. The van der Waals surface area contributed by atoms with Crippen molar-refractivity contribution in [2.24, 2.45) is 5.73 Å². The first-order valence-corrected chi connectivity index (χ1v) is 7.08. The molecule has 0 atom stereocenters. The van der Waals surface area contributed by atoms with Crippen LogP contribution >= 0.6 is 0 Å². The van der Waals surface area contributed by atoms with E-state index in [1.165, 1.54) is 6.92 Å². The smallest absolute Gasteiger partial charge is 0.324 e. The summed E-state index contributed by atoms with van der Waals surface area (Å²) in [5, 5.41) is 7.61. The molecule has 0 aliphatic heterocycles. The van der Waals surface area contributed by atoms with E-state index in [0.717, 1.165) is 16.3 Å². The maximum atomic E-state index is 11.4. The molecule has 2 rings (SSSR count). The maximum Gasteiger partial charge on any atom is 0.324 e. The van der Waals surface area contributed by atoms with Crippen molar-refractivity contribution in [1.82, 2.24) is 0 Å². The zero-order valence-electron chi connectivity index (χ0n) is 13.4. The number of carbonyl (C=O) groups is 1. The third-order valence-electron chi connectivity index (χ3n) is 3.22. The van der Waals surface area contributed by atoms with E-state index in [2.05, 4.69) is 0 Å². The van der Waals surface area contributed by atoms with E-state index in [1.807, 2.05) is 43.3 Å². The number of carbonyl (C=O) groups excluding carboxylic acids is 1. The highest BCUT2D eigenvalue weighted by molar-refractivity contribution is 6.13. The summed E-state index contributed by atoms with van der Waals surface area (Å²) in [5.74, 6) is 1.42. The molecular weight excluding hydrogens is 292 g/mol. The number of amides is 2. The molecule has 2 aromatic carbocycles. The largest absolute Gasteiger partial charge is 0.457 e. The van der Waals surface area contributed by atoms with Crippen LogP contribution in [0.2, 0.25) is 0 Å². The lowest BCUT2D eigenvalue weighted by molar-refractivity contribution is 0.256. The summed E-state index contributed by atoms with van der Waals surface area (Å²) in [6.45, 7) is 1.50. The van der Waals surface area contributed by atoms with Crippen molar-refractivity contribution in [3.8, 4) is 11.5 Å². The Hall–Kier alpha value is -3.02. The first kappa shape index (κ1) is 16.4. The van der Waals surface area contributed by atoms with Gasteiger partial charge in [-0.1, -0.05) is 6.07 Å². The second kappa shape index (κ2) is 6.83. The van der Waals surface area contributed by atoms with Crippen molar-refractivity contribution in [3.63, 3.8) is 0 Å². The number of urea groups is 1. The number of nitrogens with one attached hydrogen (secondary N) is 1. The topological polar surface area (TPSA) is 82.7 Å². The third-order valence-corrected chi connectivity index (χ3v) is 3.22. The molecule has 6 heteroatoms. The highest BCUT2D eigenvalue weighted by atomic mass is 16.5. The summed E-state index contributed by atoms with van der Waals surface area (Å²) in [4.78, 5) is 14.5. The number of benzene rings is 2. The maximum absolute atomic E-state index is 11.4. The van der Waals surface area contributed by atoms with E-state index in [9.17, 15) is 4.79 Å². The average Bonchev–Trinajstić information content (AvgIpc) is 2.48. The van der Waals surface area contributed by atoms with Crippen LogP contribution < -0.4 is 20.3 Å². The summed E-state index contributed by atoms with van der Waals surface area (Å²) in [5.41, 5.74) is 6.85. The van der Waals surface area contributed by atoms with E-state index in [4.69, 9.17) is 15.9 Å². The van der Waals surface area contributed by atoms with Crippen molar-refractivity contribution in [2.45, 2.75) is 6.92 Å². The number of anilines is 2. The van der Waals surface area contributed by atoms with Crippen molar-refractivity contribution in [1.29, 1.82) is 5.41 Å². The van der Waals surface area contributed by atoms with Gasteiger partial charge in [-0.15, -0.1) is 0 Å². The van der Waals surface area contributed by atoms with Crippen LogP contribution in [0.25, 0.3) is 0 Å². The van der Waals surface area contributed by atoms with Gasteiger partial charge in [0.05, 0.1) is 5.69 Å². The molecule has 0 heterocycles. The number of nitrogens with two attached hydrogens (primary N) is 1. The average molecular weight is 312 g/mol. The van der Waals surface area contributed by atoms with E-state index in [-0.39, 0.29) is 5.84 Å². The SMILES string of the molecule is CC(=N)N(C(N)=O)c1ccc(Oc2cccc(N(C)C)c2)cc1. The molecule has 0 saturated heterocycles. The minimum atomic E-state index is -0.690. The molecule has 0 bridgehead atoms. The van der Waals surface area contributed by atoms with Crippen molar-refractivity contribution < 1.29 is 9.53 Å². The molecule has 2 aromatic rings. The van der Waals surface area contributed by atoms with Crippen LogP contribution in [0, 0.1) is 5.41 Å². The summed E-state index contributed by atoms with van der Waals surface area (Å²) in [6, 6.07) is 13.9. The van der Waals surface area contributed by atoms with E-state index in [0.29, 0.717) is 11.4 Å². The lowest BCUT2D eigenvalue weighted by Gasteiger charge is -2.19. The van der Waals surface area contributed by atoms with Gasteiger partial charge in [0, 0.05) is 25.8 Å². The molecule has 0 aromatic heterocycles. The molecule has 2 amide bonds. The van der Waals surface area contributed by atoms with Gasteiger partial charge in [0.1, 0.15) is 17.3 Å². The molecule has 0 aliphatic carbocycles. The molecular formula is C17H20N4O2. The van der Waals surface area contributed by atoms with Gasteiger partial charge in [-0.2, -0.15) is 0 Å². The van der Waals surface area contributed by atoms with Gasteiger partial charge in [-0.3, -0.25) is 10.3 Å². The summed E-state index contributed by atoms with van der Waals surface area (Å²) >= 11 is 0. The Labute approximate surface area is 135 Å². The predicted molar refractivity (Wildman–Crippen MR) is 92.7 cm³/mol. The number of rotatable bonds is 4. The van der Waals surface area contributed by atoms with Gasteiger partial charge in [-0.25, -0.2) is 4.79 Å². The Balaban J connectivity index is 2.18. The van der Waals surface area contributed by atoms with E-state index < -0.39 is 6.03 Å². The van der Waals surface area contributed by atoms with Crippen LogP contribution in [-0.4, -0.2) is 26.0 Å². The first-order chi connectivity index (χ1) is 10.9. The van der Waals surface area contributed by atoms with Crippen LogP contribution in [-0.2, 0) is 0 Å². The number of hydrogen-bond acceptors (Lipinski definition) is 4. The van der Waals surface area contributed by atoms with Gasteiger partial charge in [0.25, 0.3) is 0 Å². The molecule has 0 spiro atoms. The zero-order valence-corrected chi connectivity index (χ0v) is 13.4. The fourth-order valence-electron chi connectivity index (χ4n) is 2.11. The standard InChI is InChI=1S/C17H20N4O2/c1-12(18)21(17(19)22)13-7-9-15(10-8-13)23-16-6-4-5-14(11-16)20(2)3/h4-11,18H,1-3H3,(H2,19,22).